The molecule has 1 heterocycles. The molecule has 0 spiro atoms. The number of carbonyl (C=O) groups excluding carboxylic acids is 1. The number of hydrogen-bond donors (Lipinski definition) is 0. The van der Waals surface area contributed by atoms with Gasteiger partial charge in [0.2, 0.25) is 17.5 Å². The normalized spacial score (nSPS) is 18.6. The predicted octanol–water partition coefficient (Wildman–Crippen LogP) is 5.88. The highest BCUT2D eigenvalue weighted by molar-refractivity contribution is 6.04. The Morgan fingerprint density at radius 1 is 0.861 bits per heavy atom. The van der Waals surface area contributed by atoms with Gasteiger partial charge in [-0.15, -0.1) is 0 Å². The van der Waals surface area contributed by atoms with Crippen molar-refractivity contribution in [2.24, 2.45) is 0 Å². The maximum absolute atomic E-state index is 14.1. The number of nitro benzene ring substituents is 1. The minimum atomic E-state index is -1.43. The quantitative estimate of drug-likeness (QED) is 0.253. The highest BCUT2D eigenvalue weighted by Gasteiger charge is 2.54. The maximum atomic E-state index is 14.1. The summed E-state index contributed by atoms with van der Waals surface area (Å²) < 4.78 is 18.4. The SMILES string of the molecule is COc1ccc(C2(c3ccccc3)Oc3cc([N+](=O)[O-])ccc3C(=O)C2Oc2ccc(C)cc2)cc1. The van der Waals surface area contributed by atoms with Gasteiger partial charge in [0.05, 0.1) is 23.7 Å². The lowest BCUT2D eigenvalue weighted by atomic mass is 9.76. The number of fused-ring (bicyclic) bond motifs is 1. The number of nitro groups is 1. The average molecular weight is 482 g/mol. The molecule has 0 aromatic heterocycles. The number of aryl methyl sites for hydroxylation is 1. The predicted molar refractivity (Wildman–Crippen MR) is 134 cm³/mol. The van der Waals surface area contributed by atoms with Crippen LogP contribution >= 0.6 is 0 Å². The van der Waals surface area contributed by atoms with E-state index in [0.29, 0.717) is 22.6 Å². The molecule has 2 unspecified atom stereocenters. The topological polar surface area (TPSA) is 87.9 Å². The molecule has 4 aromatic rings. The number of non-ortho nitro benzene ring substituents is 1. The van der Waals surface area contributed by atoms with Crippen molar-refractivity contribution in [1.29, 1.82) is 0 Å². The fraction of sp³-hybridized carbons (Fsp3) is 0.138. The summed E-state index contributed by atoms with van der Waals surface area (Å²) in [6, 6.07) is 27.9. The molecule has 0 amide bonds. The molecule has 7 nitrogen and oxygen atoms in total. The maximum Gasteiger partial charge on any atom is 0.273 e. The number of ether oxygens (including phenoxy) is 3. The third-order valence-electron chi connectivity index (χ3n) is 6.32. The number of carbonyl (C=O) groups is 1. The molecule has 180 valence electrons. The van der Waals surface area contributed by atoms with Gasteiger partial charge in [-0.25, -0.2) is 0 Å². The van der Waals surface area contributed by atoms with Crippen LogP contribution in [0, 0.1) is 17.0 Å². The van der Waals surface area contributed by atoms with E-state index in [4.69, 9.17) is 14.2 Å². The Morgan fingerprint density at radius 3 is 2.14 bits per heavy atom. The molecule has 1 aliphatic heterocycles. The first-order chi connectivity index (χ1) is 17.4. The van der Waals surface area contributed by atoms with Gasteiger partial charge >= 0.3 is 0 Å². The van der Waals surface area contributed by atoms with Crippen molar-refractivity contribution in [3.05, 3.63) is 129 Å². The first-order valence-corrected chi connectivity index (χ1v) is 11.4. The minimum Gasteiger partial charge on any atom is -0.497 e. The summed E-state index contributed by atoms with van der Waals surface area (Å²) in [5.74, 6) is 0.918. The van der Waals surface area contributed by atoms with Crippen molar-refractivity contribution < 1.29 is 23.9 Å². The van der Waals surface area contributed by atoms with Gasteiger partial charge in [-0.05, 0) is 37.3 Å². The summed E-state index contributed by atoms with van der Waals surface area (Å²) in [5, 5.41) is 11.5. The van der Waals surface area contributed by atoms with Crippen LogP contribution in [-0.4, -0.2) is 23.9 Å². The highest BCUT2D eigenvalue weighted by Crippen LogP contribution is 2.47. The van der Waals surface area contributed by atoms with Crippen LogP contribution in [0.4, 0.5) is 5.69 Å². The van der Waals surface area contributed by atoms with Crippen molar-refractivity contribution in [2.75, 3.05) is 7.11 Å². The fourth-order valence-electron chi connectivity index (χ4n) is 4.47. The van der Waals surface area contributed by atoms with Crippen LogP contribution in [-0.2, 0) is 5.60 Å². The number of methoxy groups -OCH3 is 1. The molecule has 5 rings (SSSR count). The Hall–Kier alpha value is -4.65. The van der Waals surface area contributed by atoms with Crippen LogP contribution in [0.1, 0.15) is 27.0 Å². The average Bonchev–Trinajstić information content (AvgIpc) is 2.91. The monoisotopic (exact) mass is 481 g/mol. The van der Waals surface area contributed by atoms with Crippen LogP contribution in [0.5, 0.6) is 17.2 Å². The number of nitrogens with zero attached hydrogens (tertiary/aromatic N) is 1. The smallest absolute Gasteiger partial charge is 0.273 e. The van der Waals surface area contributed by atoms with Gasteiger partial charge in [-0.2, -0.15) is 0 Å². The van der Waals surface area contributed by atoms with E-state index in [0.717, 1.165) is 5.56 Å². The Balaban J connectivity index is 1.77. The molecule has 0 saturated heterocycles. The second-order valence-electron chi connectivity index (χ2n) is 8.55. The lowest BCUT2D eigenvalue weighted by molar-refractivity contribution is -0.385. The number of benzene rings is 4. The van der Waals surface area contributed by atoms with Gasteiger partial charge < -0.3 is 14.2 Å². The Labute approximate surface area is 208 Å². The zero-order valence-corrected chi connectivity index (χ0v) is 19.7. The second kappa shape index (κ2) is 9.19. The summed E-state index contributed by atoms with van der Waals surface area (Å²) in [6.45, 7) is 1.97. The summed E-state index contributed by atoms with van der Waals surface area (Å²) in [7, 11) is 1.57. The first-order valence-electron chi connectivity index (χ1n) is 11.4. The van der Waals surface area contributed by atoms with Crippen molar-refractivity contribution >= 4 is 11.5 Å². The third-order valence-corrected chi connectivity index (χ3v) is 6.32. The molecule has 2 atom stereocenters. The highest BCUT2D eigenvalue weighted by atomic mass is 16.6. The number of ketones is 1. The lowest BCUT2D eigenvalue weighted by Crippen LogP contribution is -2.55. The van der Waals surface area contributed by atoms with E-state index >= 15 is 0 Å². The van der Waals surface area contributed by atoms with Crippen LogP contribution in [0.15, 0.2) is 97.1 Å². The molecule has 0 saturated carbocycles. The van der Waals surface area contributed by atoms with Crippen LogP contribution in [0.25, 0.3) is 0 Å². The van der Waals surface area contributed by atoms with Gasteiger partial charge in [0.1, 0.15) is 17.2 Å². The minimum absolute atomic E-state index is 0.123. The molecular formula is C29H23NO6. The number of rotatable bonds is 6. The zero-order valence-electron chi connectivity index (χ0n) is 19.7. The Bertz CT molecular complexity index is 1420. The van der Waals surface area contributed by atoms with Crippen LogP contribution in [0.2, 0.25) is 0 Å². The summed E-state index contributed by atoms with van der Waals surface area (Å²) in [5.41, 5.74) is 0.970. The molecular weight excluding hydrogens is 458 g/mol. The summed E-state index contributed by atoms with van der Waals surface area (Å²) in [6.07, 6.45) is -1.12. The molecule has 0 fully saturated rings. The van der Waals surface area contributed by atoms with E-state index in [1.165, 1.54) is 18.2 Å². The van der Waals surface area contributed by atoms with Crippen molar-refractivity contribution in [1.82, 2.24) is 0 Å². The fourth-order valence-corrected chi connectivity index (χ4v) is 4.47. The molecule has 0 radical (unpaired) electrons. The van der Waals surface area contributed by atoms with Crippen LogP contribution < -0.4 is 14.2 Å². The van der Waals surface area contributed by atoms with Crippen LogP contribution in [0.3, 0.4) is 0 Å². The Kier molecular flexibility index (Phi) is 5.90. The van der Waals surface area contributed by atoms with Crippen molar-refractivity contribution in [3.63, 3.8) is 0 Å². The molecule has 1 aliphatic rings. The number of hydrogen-bond acceptors (Lipinski definition) is 6. The van der Waals surface area contributed by atoms with E-state index in [9.17, 15) is 14.9 Å². The van der Waals surface area contributed by atoms with Gasteiger partial charge in [0.25, 0.3) is 5.69 Å². The number of Topliss-reactive ketones (excluding diaryl/α,β-unsaturated/α-hetero) is 1. The zero-order chi connectivity index (χ0) is 25.3. The molecule has 0 N–H and O–H groups in total. The second-order valence-corrected chi connectivity index (χ2v) is 8.55. The van der Waals surface area contributed by atoms with E-state index in [1.807, 2.05) is 61.5 Å². The molecule has 4 aromatic carbocycles. The van der Waals surface area contributed by atoms with Gasteiger partial charge in [-0.1, -0.05) is 60.2 Å². The molecule has 36 heavy (non-hydrogen) atoms. The largest absolute Gasteiger partial charge is 0.497 e. The molecule has 7 heteroatoms. The molecule has 0 bridgehead atoms. The van der Waals surface area contributed by atoms with E-state index in [-0.39, 0.29) is 22.8 Å². The lowest BCUT2D eigenvalue weighted by Gasteiger charge is -2.44. The van der Waals surface area contributed by atoms with Gasteiger partial charge in [-0.3, -0.25) is 14.9 Å². The van der Waals surface area contributed by atoms with E-state index in [2.05, 4.69) is 0 Å². The third kappa shape index (κ3) is 3.94. The van der Waals surface area contributed by atoms with Crippen molar-refractivity contribution in [3.8, 4) is 17.2 Å². The van der Waals surface area contributed by atoms with Crippen molar-refractivity contribution in [2.45, 2.75) is 18.6 Å². The van der Waals surface area contributed by atoms with E-state index in [1.54, 1.807) is 31.4 Å². The summed E-state index contributed by atoms with van der Waals surface area (Å²) >= 11 is 0. The van der Waals surface area contributed by atoms with E-state index < -0.39 is 16.6 Å². The standard InChI is InChI=1S/C29H23NO6/c1-19-8-13-24(14-9-19)35-28-27(31)25-17-12-22(30(32)33)18-26(25)36-29(28,20-6-4-3-5-7-20)21-10-15-23(34-2)16-11-21/h3-18,28H,1-2H3. The van der Waals surface area contributed by atoms with Gasteiger partial charge in [0.15, 0.2) is 0 Å². The summed E-state index contributed by atoms with van der Waals surface area (Å²) in [4.78, 5) is 25.0. The molecule has 0 aliphatic carbocycles. The first kappa shape index (κ1) is 23.1. The Morgan fingerprint density at radius 2 is 1.50 bits per heavy atom. The van der Waals surface area contributed by atoms with Gasteiger partial charge in [0, 0.05) is 17.2 Å².